The van der Waals surface area contributed by atoms with Gasteiger partial charge in [-0.3, -0.25) is 4.79 Å². The van der Waals surface area contributed by atoms with Gasteiger partial charge in [0.1, 0.15) is 0 Å². The molecule has 0 N–H and O–H groups in total. The van der Waals surface area contributed by atoms with Crippen LogP contribution < -0.4 is 0 Å². The summed E-state index contributed by atoms with van der Waals surface area (Å²) < 4.78 is 0. The molecule has 14 heavy (non-hydrogen) atoms. The van der Waals surface area contributed by atoms with Gasteiger partial charge in [0, 0.05) is 17.9 Å². The predicted molar refractivity (Wildman–Crippen MR) is 55.6 cm³/mol. The first-order chi connectivity index (χ1) is 6.86. The molecular weight excluding hydrogens is 172 g/mol. The fraction of sp³-hybridized carbons (Fsp3) is 0.154. The molecule has 1 heteroatoms. The predicted octanol–water partition coefficient (Wildman–Crippen LogP) is 2.49. The topological polar surface area (TPSA) is 17.1 Å². The van der Waals surface area contributed by atoms with Gasteiger partial charge in [-0.25, -0.2) is 0 Å². The molecule has 0 radical (unpaired) electrons. The lowest BCUT2D eigenvalue weighted by atomic mass is 9.89. The van der Waals surface area contributed by atoms with E-state index in [0.29, 0.717) is 12.3 Å². The number of rotatable bonds is 0. The Labute approximate surface area is 82.8 Å². The number of hydrogen-bond donors (Lipinski definition) is 0. The highest BCUT2D eigenvalue weighted by atomic mass is 16.1. The molecule has 1 nitrogen and oxygen atoms in total. The fourth-order valence-corrected chi connectivity index (χ4v) is 2.30. The minimum Gasteiger partial charge on any atom is -0.294 e. The van der Waals surface area contributed by atoms with Crippen molar-refractivity contribution in [2.24, 2.45) is 5.92 Å². The van der Waals surface area contributed by atoms with E-state index in [-0.39, 0.29) is 5.78 Å². The van der Waals surface area contributed by atoms with Crippen LogP contribution in [0.2, 0.25) is 0 Å². The van der Waals surface area contributed by atoms with Gasteiger partial charge in [-0.15, -0.1) is 0 Å². The fourth-order valence-electron chi connectivity index (χ4n) is 2.30. The average molecular weight is 182 g/mol. The summed E-state index contributed by atoms with van der Waals surface area (Å²) in [5.41, 5.74) is 3.34. The summed E-state index contributed by atoms with van der Waals surface area (Å²) in [6.45, 7) is 0. The Morgan fingerprint density at radius 1 is 1.14 bits per heavy atom. The van der Waals surface area contributed by atoms with Crippen LogP contribution in [-0.2, 0) is 4.79 Å². The van der Waals surface area contributed by atoms with Crippen molar-refractivity contribution in [3.63, 3.8) is 0 Å². The summed E-state index contributed by atoms with van der Waals surface area (Å²) in [7, 11) is 0. The molecule has 0 fully saturated rings. The van der Waals surface area contributed by atoms with Gasteiger partial charge in [-0.2, -0.15) is 0 Å². The highest BCUT2D eigenvalue weighted by Crippen LogP contribution is 2.39. The van der Waals surface area contributed by atoms with E-state index in [0.717, 1.165) is 5.57 Å². The van der Waals surface area contributed by atoms with Crippen molar-refractivity contribution < 1.29 is 4.79 Å². The molecule has 3 aliphatic carbocycles. The van der Waals surface area contributed by atoms with Gasteiger partial charge in [0.25, 0.3) is 0 Å². The molecule has 3 aliphatic rings. The molecule has 3 rings (SSSR count). The molecule has 0 saturated carbocycles. The molecule has 1 atom stereocenters. The summed E-state index contributed by atoms with van der Waals surface area (Å²) in [6, 6.07) is 0. The van der Waals surface area contributed by atoms with Gasteiger partial charge in [-0.1, -0.05) is 42.5 Å². The molecule has 0 aromatic carbocycles. The smallest absolute Gasteiger partial charge is 0.167 e. The Hall–Kier alpha value is -1.63. The van der Waals surface area contributed by atoms with Crippen molar-refractivity contribution >= 4 is 5.78 Å². The van der Waals surface area contributed by atoms with Gasteiger partial charge in [0.15, 0.2) is 5.78 Å². The molecule has 0 spiro atoms. The minimum absolute atomic E-state index is 0.264. The summed E-state index contributed by atoms with van der Waals surface area (Å²) >= 11 is 0. The molecule has 1 unspecified atom stereocenters. The van der Waals surface area contributed by atoms with Crippen LogP contribution in [0.15, 0.2) is 59.3 Å². The van der Waals surface area contributed by atoms with Crippen molar-refractivity contribution in [2.45, 2.75) is 6.42 Å². The standard InChI is InChI=1S/C13H10O/c14-12-8-10-6-3-5-9-4-1-2-7-11(12)13(9)10/h1-7,9H,8H2. The molecule has 0 aliphatic heterocycles. The first-order valence-corrected chi connectivity index (χ1v) is 4.86. The van der Waals surface area contributed by atoms with Crippen molar-refractivity contribution in [1.82, 2.24) is 0 Å². The van der Waals surface area contributed by atoms with Gasteiger partial charge in [0.05, 0.1) is 0 Å². The average Bonchev–Trinajstić information content (AvgIpc) is 2.39. The van der Waals surface area contributed by atoms with Gasteiger partial charge in [0.2, 0.25) is 0 Å². The lowest BCUT2D eigenvalue weighted by Crippen LogP contribution is -2.01. The minimum atomic E-state index is 0.264. The van der Waals surface area contributed by atoms with E-state index < -0.39 is 0 Å². The third-order valence-electron chi connectivity index (χ3n) is 2.93. The first-order valence-electron chi connectivity index (χ1n) is 4.86. The van der Waals surface area contributed by atoms with Crippen LogP contribution >= 0.6 is 0 Å². The van der Waals surface area contributed by atoms with Gasteiger partial charge < -0.3 is 0 Å². The second-order valence-corrected chi connectivity index (χ2v) is 3.77. The Kier molecular flexibility index (Phi) is 1.48. The molecule has 0 amide bonds. The maximum absolute atomic E-state index is 11.7. The number of allylic oxidation sites excluding steroid dienone is 10. The Morgan fingerprint density at radius 2 is 2.00 bits per heavy atom. The zero-order valence-electron chi connectivity index (χ0n) is 7.73. The molecular formula is C13H10O. The second kappa shape index (κ2) is 2.68. The highest BCUT2D eigenvalue weighted by molar-refractivity contribution is 6.05. The van der Waals surface area contributed by atoms with Crippen LogP contribution in [0.5, 0.6) is 0 Å². The van der Waals surface area contributed by atoms with Crippen molar-refractivity contribution in [1.29, 1.82) is 0 Å². The van der Waals surface area contributed by atoms with Crippen LogP contribution in [0.3, 0.4) is 0 Å². The molecule has 0 aromatic rings. The van der Waals surface area contributed by atoms with Crippen LogP contribution in [0, 0.1) is 5.92 Å². The monoisotopic (exact) mass is 182 g/mol. The number of ketones is 1. The van der Waals surface area contributed by atoms with Gasteiger partial charge >= 0.3 is 0 Å². The zero-order valence-corrected chi connectivity index (χ0v) is 7.73. The van der Waals surface area contributed by atoms with E-state index in [4.69, 9.17) is 0 Å². The Bertz CT molecular complexity index is 456. The molecule has 0 saturated heterocycles. The lowest BCUT2D eigenvalue weighted by Gasteiger charge is -2.15. The quantitative estimate of drug-likeness (QED) is 0.562. The van der Waals surface area contributed by atoms with E-state index in [1.165, 1.54) is 11.1 Å². The molecule has 68 valence electrons. The number of Topliss-reactive ketones (excluding diaryl/α,β-unsaturated/α-hetero) is 1. The second-order valence-electron chi connectivity index (χ2n) is 3.77. The summed E-state index contributed by atoms with van der Waals surface area (Å²) in [4.78, 5) is 11.7. The van der Waals surface area contributed by atoms with E-state index in [1.54, 1.807) is 0 Å². The van der Waals surface area contributed by atoms with Crippen LogP contribution in [0.1, 0.15) is 6.42 Å². The first kappa shape index (κ1) is 7.74. The van der Waals surface area contributed by atoms with E-state index in [9.17, 15) is 4.79 Å². The highest BCUT2D eigenvalue weighted by Gasteiger charge is 2.30. The molecule has 0 heterocycles. The SMILES string of the molecule is O=C1CC2=CC=CC3C=CC=CC1=C23. The Morgan fingerprint density at radius 3 is 2.93 bits per heavy atom. The van der Waals surface area contributed by atoms with Crippen LogP contribution in [0.25, 0.3) is 0 Å². The maximum Gasteiger partial charge on any atom is 0.167 e. The maximum atomic E-state index is 11.7. The number of carbonyl (C=O) groups excluding carboxylic acids is 1. The normalized spacial score (nSPS) is 27.9. The van der Waals surface area contributed by atoms with E-state index >= 15 is 0 Å². The van der Waals surface area contributed by atoms with Crippen molar-refractivity contribution in [3.8, 4) is 0 Å². The molecule has 0 aromatic heterocycles. The van der Waals surface area contributed by atoms with Crippen LogP contribution in [0.4, 0.5) is 0 Å². The molecule has 0 bridgehead atoms. The largest absolute Gasteiger partial charge is 0.294 e. The van der Waals surface area contributed by atoms with Crippen molar-refractivity contribution in [2.75, 3.05) is 0 Å². The summed E-state index contributed by atoms with van der Waals surface area (Å²) in [5.74, 6) is 0.575. The van der Waals surface area contributed by atoms with Crippen molar-refractivity contribution in [3.05, 3.63) is 59.3 Å². The zero-order chi connectivity index (χ0) is 9.54. The number of hydrogen-bond acceptors (Lipinski definition) is 1. The summed E-state index contributed by atoms with van der Waals surface area (Å²) in [6.07, 6.45) is 14.9. The third kappa shape index (κ3) is 0.925. The Balaban J connectivity index is 2.26. The third-order valence-corrected chi connectivity index (χ3v) is 2.93. The van der Waals surface area contributed by atoms with Crippen LogP contribution in [-0.4, -0.2) is 5.78 Å². The number of carbonyl (C=O) groups is 1. The van der Waals surface area contributed by atoms with E-state index in [2.05, 4.69) is 24.3 Å². The lowest BCUT2D eigenvalue weighted by molar-refractivity contribution is -0.114. The summed E-state index contributed by atoms with van der Waals surface area (Å²) in [5, 5.41) is 0. The van der Waals surface area contributed by atoms with E-state index in [1.807, 2.05) is 18.2 Å². The van der Waals surface area contributed by atoms with Gasteiger partial charge in [-0.05, 0) is 11.1 Å².